The molecular formula is C25H31FN6O4S. The van der Waals surface area contributed by atoms with Gasteiger partial charge in [0.1, 0.15) is 11.6 Å². The van der Waals surface area contributed by atoms with Crippen LogP contribution in [0.5, 0.6) is 0 Å². The molecule has 2 amide bonds. The van der Waals surface area contributed by atoms with E-state index in [0.29, 0.717) is 30.2 Å². The Morgan fingerprint density at radius 1 is 1.08 bits per heavy atom. The lowest BCUT2D eigenvalue weighted by molar-refractivity contribution is 0.250. The number of likely N-dealkylation sites (N-methyl/N-ethyl adjacent to an activating group) is 1. The van der Waals surface area contributed by atoms with Crippen molar-refractivity contribution < 1.29 is 22.7 Å². The van der Waals surface area contributed by atoms with Gasteiger partial charge < -0.3 is 26.0 Å². The van der Waals surface area contributed by atoms with Crippen molar-refractivity contribution in [1.82, 2.24) is 20.2 Å². The van der Waals surface area contributed by atoms with Gasteiger partial charge in [-0.25, -0.2) is 27.6 Å². The standard InChI is InChI=1S/C25H31FN6O4S/c1-17(15-33)28-23-14-21(16-37(35,36)22-10-6-19(26)7-11-22)29-24(31-23)18-4-8-20(9-5-18)30-25(34)27-12-13-32(2)3/h4-11,14,17,33H,12-13,15-16H2,1-3H3,(H2,27,30,34)(H,28,29,31)/t17-/m0/s1. The summed E-state index contributed by atoms with van der Waals surface area (Å²) in [6.07, 6.45) is 0. The van der Waals surface area contributed by atoms with Crippen LogP contribution >= 0.6 is 0 Å². The molecule has 0 aliphatic rings. The maximum atomic E-state index is 13.3. The maximum absolute atomic E-state index is 13.3. The molecule has 3 aromatic rings. The molecule has 0 unspecified atom stereocenters. The number of sulfone groups is 1. The summed E-state index contributed by atoms with van der Waals surface area (Å²) in [6, 6.07) is 12.2. The smallest absolute Gasteiger partial charge is 0.319 e. The number of nitrogens with zero attached hydrogens (tertiary/aromatic N) is 3. The van der Waals surface area contributed by atoms with Crippen molar-refractivity contribution in [2.75, 3.05) is 44.4 Å². The number of aromatic nitrogens is 2. The molecule has 0 fully saturated rings. The number of urea groups is 1. The van der Waals surface area contributed by atoms with Gasteiger partial charge in [-0.2, -0.15) is 0 Å². The summed E-state index contributed by atoms with van der Waals surface area (Å²) < 4.78 is 39.1. The van der Waals surface area contributed by atoms with Gasteiger partial charge in [-0.3, -0.25) is 0 Å². The Morgan fingerprint density at radius 2 is 1.76 bits per heavy atom. The van der Waals surface area contributed by atoms with E-state index in [4.69, 9.17) is 0 Å². The van der Waals surface area contributed by atoms with Gasteiger partial charge in [0.15, 0.2) is 15.7 Å². The van der Waals surface area contributed by atoms with Crippen molar-refractivity contribution in [2.45, 2.75) is 23.6 Å². The number of hydrogen-bond donors (Lipinski definition) is 4. The Bertz CT molecular complexity index is 1300. The van der Waals surface area contributed by atoms with E-state index in [0.717, 1.165) is 12.1 Å². The first-order valence-corrected chi connectivity index (χ1v) is 13.2. The van der Waals surface area contributed by atoms with Crippen molar-refractivity contribution in [3.8, 4) is 11.4 Å². The van der Waals surface area contributed by atoms with Gasteiger partial charge in [-0.15, -0.1) is 0 Å². The number of carbonyl (C=O) groups is 1. The highest BCUT2D eigenvalue weighted by molar-refractivity contribution is 7.90. The lowest BCUT2D eigenvalue weighted by Gasteiger charge is -2.14. The second kappa shape index (κ2) is 12.6. The number of nitrogens with one attached hydrogen (secondary N) is 3. The summed E-state index contributed by atoms with van der Waals surface area (Å²) in [5, 5.41) is 18.0. The van der Waals surface area contributed by atoms with Crippen LogP contribution in [0.4, 0.5) is 20.7 Å². The third-order valence-electron chi connectivity index (χ3n) is 5.20. The quantitative estimate of drug-likeness (QED) is 0.278. The maximum Gasteiger partial charge on any atom is 0.319 e. The highest BCUT2D eigenvalue weighted by Crippen LogP contribution is 2.23. The van der Waals surface area contributed by atoms with Crippen molar-refractivity contribution in [3.63, 3.8) is 0 Å². The van der Waals surface area contributed by atoms with E-state index in [1.165, 1.54) is 18.2 Å². The Morgan fingerprint density at radius 3 is 2.38 bits per heavy atom. The number of halogens is 1. The molecule has 2 aromatic carbocycles. The first-order valence-electron chi connectivity index (χ1n) is 11.6. The molecule has 1 heterocycles. The summed E-state index contributed by atoms with van der Waals surface area (Å²) in [7, 11) is 0.0265. The Hall–Kier alpha value is -3.61. The van der Waals surface area contributed by atoms with E-state index in [-0.39, 0.29) is 35.1 Å². The molecule has 0 saturated heterocycles. The molecule has 12 heteroatoms. The molecule has 0 spiro atoms. The minimum absolute atomic E-state index is 0.0217. The molecule has 198 valence electrons. The first kappa shape index (κ1) is 28.0. The third kappa shape index (κ3) is 8.48. The molecule has 0 aliphatic heterocycles. The van der Waals surface area contributed by atoms with Gasteiger partial charge in [-0.05, 0) is 69.6 Å². The van der Waals surface area contributed by atoms with Crippen LogP contribution < -0.4 is 16.0 Å². The van der Waals surface area contributed by atoms with Gasteiger partial charge >= 0.3 is 6.03 Å². The van der Waals surface area contributed by atoms with Gasteiger partial charge in [-0.1, -0.05) is 0 Å². The van der Waals surface area contributed by atoms with E-state index in [2.05, 4.69) is 25.9 Å². The number of anilines is 2. The zero-order valence-corrected chi connectivity index (χ0v) is 21.7. The molecule has 1 atom stereocenters. The number of amides is 2. The summed E-state index contributed by atoms with van der Waals surface area (Å²) >= 11 is 0. The van der Waals surface area contributed by atoms with E-state index in [9.17, 15) is 22.7 Å². The number of aliphatic hydroxyl groups is 1. The van der Waals surface area contributed by atoms with E-state index in [1.54, 1.807) is 31.2 Å². The predicted molar refractivity (Wildman–Crippen MR) is 141 cm³/mol. The average molecular weight is 531 g/mol. The normalized spacial score (nSPS) is 12.3. The van der Waals surface area contributed by atoms with Crippen molar-refractivity contribution in [1.29, 1.82) is 0 Å². The van der Waals surface area contributed by atoms with Crippen LogP contribution in [0.2, 0.25) is 0 Å². The first-order chi connectivity index (χ1) is 17.6. The minimum atomic E-state index is -3.80. The second-order valence-electron chi connectivity index (χ2n) is 8.77. The zero-order chi connectivity index (χ0) is 27.0. The fourth-order valence-corrected chi connectivity index (χ4v) is 4.52. The molecule has 0 aliphatic carbocycles. The van der Waals surface area contributed by atoms with Crippen LogP contribution in [-0.2, 0) is 15.6 Å². The van der Waals surface area contributed by atoms with Crippen LogP contribution in [0.25, 0.3) is 11.4 Å². The Labute approximate surface area is 215 Å². The third-order valence-corrected chi connectivity index (χ3v) is 6.87. The largest absolute Gasteiger partial charge is 0.394 e. The van der Waals surface area contributed by atoms with Crippen LogP contribution in [0, 0.1) is 5.82 Å². The molecule has 37 heavy (non-hydrogen) atoms. The molecule has 1 aromatic heterocycles. The molecule has 0 saturated carbocycles. The summed E-state index contributed by atoms with van der Waals surface area (Å²) in [5.41, 5.74) is 1.39. The second-order valence-corrected chi connectivity index (χ2v) is 10.8. The van der Waals surface area contributed by atoms with Crippen molar-refractivity contribution >= 4 is 27.4 Å². The van der Waals surface area contributed by atoms with Crippen LogP contribution in [-0.4, -0.2) is 74.3 Å². The van der Waals surface area contributed by atoms with Gasteiger partial charge in [0.2, 0.25) is 0 Å². The zero-order valence-electron chi connectivity index (χ0n) is 20.9. The summed E-state index contributed by atoms with van der Waals surface area (Å²) in [6.45, 7) is 2.81. The van der Waals surface area contributed by atoms with E-state index < -0.39 is 21.4 Å². The molecular weight excluding hydrogens is 499 g/mol. The number of rotatable bonds is 11. The molecule has 0 radical (unpaired) electrons. The molecule has 3 rings (SSSR count). The monoisotopic (exact) mass is 530 g/mol. The predicted octanol–water partition coefficient (Wildman–Crippen LogP) is 2.73. The molecule has 4 N–H and O–H groups in total. The SMILES string of the molecule is C[C@@H](CO)Nc1cc(CS(=O)(=O)c2ccc(F)cc2)nc(-c2ccc(NC(=O)NCCN(C)C)cc2)n1. The van der Waals surface area contributed by atoms with Crippen molar-refractivity contribution in [2.24, 2.45) is 0 Å². The Balaban J connectivity index is 1.83. The Kier molecular flexibility index (Phi) is 9.50. The molecule has 0 bridgehead atoms. The lowest BCUT2D eigenvalue weighted by Crippen LogP contribution is -2.34. The fraction of sp³-hybridized carbons (Fsp3) is 0.320. The number of carbonyl (C=O) groups excluding carboxylic acids is 1. The topological polar surface area (TPSA) is 137 Å². The van der Waals surface area contributed by atoms with E-state index in [1.807, 2.05) is 19.0 Å². The average Bonchev–Trinajstić information content (AvgIpc) is 2.84. The highest BCUT2D eigenvalue weighted by Gasteiger charge is 2.19. The van der Waals surface area contributed by atoms with Crippen LogP contribution in [0.15, 0.2) is 59.5 Å². The number of benzene rings is 2. The van der Waals surface area contributed by atoms with Crippen LogP contribution in [0.3, 0.4) is 0 Å². The fourth-order valence-electron chi connectivity index (χ4n) is 3.26. The number of aliphatic hydroxyl groups excluding tert-OH is 1. The molecule has 10 nitrogen and oxygen atoms in total. The van der Waals surface area contributed by atoms with Gasteiger partial charge in [0.25, 0.3) is 0 Å². The highest BCUT2D eigenvalue weighted by atomic mass is 32.2. The van der Waals surface area contributed by atoms with Crippen LogP contribution in [0.1, 0.15) is 12.6 Å². The number of hydrogen-bond acceptors (Lipinski definition) is 8. The van der Waals surface area contributed by atoms with E-state index >= 15 is 0 Å². The summed E-state index contributed by atoms with van der Waals surface area (Å²) in [5.74, 6) is -0.347. The minimum Gasteiger partial charge on any atom is -0.394 e. The lowest BCUT2D eigenvalue weighted by atomic mass is 10.2. The summed E-state index contributed by atoms with van der Waals surface area (Å²) in [4.78, 5) is 22.9. The van der Waals surface area contributed by atoms with Gasteiger partial charge in [0.05, 0.1) is 22.9 Å². The van der Waals surface area contributed by atoms with Gasteiger partial charge in [0, 0.05) is 36.4 Å². The van der Waals surface area contributed by atoms with Crippen molar-refractivity contribution in [3.05, 3.63) is 66.1 Å².